The number of carboxylic acids is 1. The highest BCUT2D eigenvalue weighted by molar-refractivity contribution is 7.98. The topological polar surface area (TPSA) is 183 Å². The zero-order valence-corrected chi connectivity index (χ0v) is 37.1. The summed E-state index contributed by atoms with van der Waals surface area (Å²) in [7, 11) is 0. The highest BCUT2D eigenvalue weighted by Crippen LogP contribution is 2.41. The lowest BCUT2D eigenvalue weighted by Crippen LogP contribution is -2.43. The summed E-state index contributed by atoms with van der Waals surface area (Å²) in [5.74, 6) is -4.81. The number of carbonyl (C=O) groups excluding carboxylic acids is 3. The van der Waals surface area contributed by atoms with E-state index in [1.807, 2.05) is 26.8 Å². The van der Waals surface area contributed by atoms with Crippen LogP contribution in [0.1, 0.15) is 56.8 Å². The molecule has 5 amide bonds. The normalized spacial score (nSPS) is 13.0. The Labute approximate surface area is 378 Å². The van der Waals surface area contributed by atoms with E-state index < -0.39 is 52.7 Å². The molecule has 2 aromatic heterocycles. The number of hydrogen-bond acceptors (Lipinski definition) is 10. The zero-order valence-electron chi connectivity index (χ0n) is 35.5. The Morgan fingerprint density at radius 1 is 0.662 bits per heavy atom. The molecule has 4 heterocycles. The number of urea groups is 2. The molecule has 20 heteroatoms. The third kappa shape index (κ3) is 9.17. The number of carboxylic acid groups (broad SMARTS) is 1. The molecule has 0 unspecified atom stereocenters. The number of nitrogens with zero attached hydrogens (tertiary/aromatic N) is 6. The Balaban J connectivity index is 0.000000195. The monoisotopic (exact) mass is 925 g/mol. The number of benzene rings is 4. The van der Waals surface area contributed by atoms with Gasteiger partial charge in [0.25, 0.3) is 5.91 Å². The van der Waals surface area contributed by atoms with Gasteiger partial charge in [0, 0.05) is 33.9 Å². The largest absolute Gasteiger partial charge is 0.478 e. The van der Waals surface area contributed by atoms with E-state index in [1.54, 1.807) is 37.6 Å². The van der Waals surface area contributed by atoms with Gasteiger partial charge in [-0.1, -0.05) is 47.8 Å². The van der Waals surface area contributed by atoms with Crippen LogP contribution >= 0.6 is 23.5 Å². The SMILES string of the molecule is CSc1nc(-c2cc(C(=O)NC(C)C)ccc2C)c2c(n1)N(c1c(F)cccc1F)C(=O)NC2.CSc1nc(-c2cc(C(=O)O)ccc2C)c2c(n1)N(c1c(F)cccc1F)C(=O)NC2. The molecule has 0 atom stereocenters. The van der Waals surface area contributed by atoms with E-state index in [0.29, 0.717) is 44.4 Å². The van der Waals surface area contributed by atoms with Gasteiger partial charge in [-0.15, -0.1) is 0 Å². The Kier molecular flexibility index (Phi) is 13.4. The number of carbonyl (C=O) groups is 4. The van der Waals surface area contributed by atoms with Gasteiger partial charge in [-0.25, -0.2) is 61.7 Å². The van der Waals surface area contributed by atoms with E-state index in [4.69, 9.17) is 0 Å². The molecule has 2 aliphatic rings. The second-order valence-corrected chi connectivity index (χ2v) is 16.4. The summed E-state index contributed by atoms with van der Waals surface area (Å²) in [6.07, 6.45) is 3.49. The molecule has 0 saturated heterocycles. The van der Waals surface area contributed by atoms with Gasteiger partial charge in [0.15, 0.2) is 21.9 Å². The van der Waals surface area contributed by atoms with Crippen molar-refractivity contribution in [3.63, 3.8) is 0 Å². The molecule has 4 N–H and O–H groups in total. The molecule has 0 spiro atoms. The van der Waals surface area contributed by atoms with Crippen LogP contribution in [0.2, 0.25) is 0 Å². The van der Waals surface area contributed by atoms with E-state index in [2.05, 4.69) is 35.9 Å². The Bertz CT molecular complexity index is 2880. The fourth-order valence-electron chi connectivity index (χ4n) is 7.10. The summed E-state index contributed by atoms with van der Waals surface area (Å²) >= 11 is 2.42. The lowest BCUT2D eigenvalue weighted by atomic mass is 9.97. The lowest BCUT2D eigenvalue weighted by Gasteiger charge is -2.30. The Morgan fingerprint density at radius 3 is 1.45 bits per heavy atom. The minimum atomic E-state index is -1.10. The fraction of sp³-hybridized carbons (Fsp3) is 0.200. The second-order valence-electron chi connectivity index (χ2n) is 14.8. The van der Waals surface area contributed by atoms with Gasteiger partial charge >= 0.3 is 18.0 Å². The number of halogens is 4. The standard InChI is InChI=1S/C24H23F2N5O2S.C21H16F2N4O3S/c1-12(2)28-22(32)14-9-8-13(3)15(10-14)19-16-11-27-24(33)31(21(16)30-23(29-19)34-4)20-17(25)6-5-7-18(20)26;1-10-6-7-11(19(28)29)8-12(10)16-13-9-24-21(30)27(18(13)26-20(25-16)31-2)17-14(22)4-3-5-15(17)23/h5-10,12H,11H2,1-4H3,(H,27,33)(H,28,32);3-8H,9H2,1-2H3,(H,24,30)(H,28,29). The number of rotatable bonds is 9. The van der Waals surface area contributed by atoms with Crippen molar-refractivity contribution in [2.24, 2.45) is 0 Å². The quantitative estimate of drug-likeness (QED) is 0.0616. The lowest BCUT2D eigenvalue weighted by molar-refractivity contribution is 0.0696. The predicted molar refractivity (Wildman–Crippen MR) is 239 cm³/mol. The Hall–Kier alpha value is -7.06. The van der Waals surface area contributed by atoms with Crippen molar-refractivity contribution in [2.75, 3.05) is 22.3 Å². The molecule has 0 bridgehead atoms. The van der Waals surface area contributed by atoms with Crippen molar-refractivity contribution in [1.29, 1.82) is 0 Å². The third-order valence-corrected chi connectivity index (χ3v) is 11.3. The molecule has 65 heavy (non-hydrogen) atoms. The number of amides is 5. The number of aromatic carboxylic acids is 1. The van der Waals surface area contributed by atoms with Crippen molar-refractivity contribution in [3.05, 3.63) is 129 Å². The summed E-state index contributed by atoms with van der Waals surface area (Å²) in [6.45, 7) is 7.50. The molecular weight excluding hydrogens is 887 g/mol. The molecule has 0 saturated carbocycles. The van der Waals surface area contributed by atoms with Crippen molar-refractivity contribution < 1.29 is 41.8 Å². The smallest absolute Gasteiger partial charge is 0.335 e. The average Bonchev–Trinajstić information content (AvgIpc) is 3.27. The highest BCUT2D eigenvalue weighted by atomic mass is 32.2. The molecule has 4 aromatic carbocycles. The highest BCUT2D eigenvalue weighted by Gasteiger charge is 2.36. The molecular formula is C45H39F4N9O5S2. The van der Waals surface area contributed by atoms with Gasteiger partial charge in [-0.3, -0.25) is 4.79 Å². The van der Waals surface area contributed by atoms with Crippen LogP contribution in [0, 0.1) is 37.1 Å². The van der Waals surface area contributed by atoms with Crippen LogP contribution in [0.25, 0.3) is 22.5 Å². The molecule has 14 nitrogen and oxygen atoms in total. The first-order valence-electron chi connectivity index (χ1n) is 19.7. The maximum absolute atomic E-state index is 14.7. The molecule has 6 aromatic rings. The second kappa shape index (κ2) is 19.0. The summed E-state index contributed by atoms with van der Waals surface area (Å²) < 4.78 is 58.4. The van der Waals surface area contributed by atoms with E-state index >= 15 is 0 Å². The predicted octanol–water partition coefficient (Wildman–Crippen LogP) is 9.46. The van der Waals surface area contributed by atoms with Crippen LogP contribution in [-0.2, 0) is 13.1 Å². The number of fused-ring (bicyclic) bond motifs is 2. The first-order valence-corrected chi connectivity index (χ1v) is 22.2. The number of para-hydroxylation sites is 2. The van der Waals surface area contributed by atoms with Crippen LogP contribution in [-0.4, -0.2) is 67.5 Å². The Morgan fingerprint density at radius 2 is 1.06 bits per heavy atom. The van der Waals surface area contributed by atoms with Crippen LogP contribution in [0.15, 0.2) is 83.1 Å². The summed E-state index contributed by atoms with van der Waals surface area (Å²) in [6, 6.07) is 15.1. The maximum atomic E-state index is 14.7. The van der Waals surface area contributed by atoms with Gasteiger partial charge in [0.1, 0.15) is 34.6 Å². The van der Waals surface area contributed by atoms with Gasteiger partial charge in [-0.05, 0) is 99.9 Å². The number of aryl methyl sites for hydroxylation is 2. The number of thioether (sulfide) groups is 2. The number of nitrogens with one attached hydrogen (secondary N) is 3. The molecule has 8 rings (SSSR count). The molecule has 0 radical (unpaired) electrons. The van der Waals surface area contributed by atoms with Crippen molar-refractivity contribution in [2.45, 2.75) is 57.1 Å². The summed E-state index contributed by atoms with van der Waals surface area (Å²) in [5, 5.41) is 18.1. The van der Waals surface area contributed by atoms with Gasteiger partial charge in [0.2, 0.25) is 0 Å². The average molecular weight is 926 g/mol. The van der Waals surface area contributed by atoms with Gasteiger partial charge in [0.05, 0.1) is 30.0 Å². The van der Waals surface area contributed by atoms with Crippen molar-refractivity contribution >= 4 is 70.5 Å². The minimum Gasteiger partial charge on any atom is -0.478 e. The summed E-state index contributed by atoms with van der Waals surface area (Å²) in [4.78, 5) is 69.3. The molecule has 334 valence electrons. The first-order chi connectivity index (χ1) is 31.0. The van der Waals surface area contributed by atoms with Crippen molar-refractivity contribution in [1.82, 2.24) is 35.9 Å². The summed E-state index contributed by atoms with van der Waals surface area (Å²) in [5.41, 5.74) is 4.01. The van der Waals surface area contributed by atoms with E-state index in [0.717, 1.165) is 45.2 Å². The first kappa shape index (κ1) is 45.9. The van der Waals surface area contributed by atoms with Crippen LogP contribution in [0.5, 0.6) is 0 Å². The van der Waals surface area contributed by atoms with E-state index in [9.17, 15) is 41.8 Å². The molecule has 2 aliphatic heterocycles. The van der Waals surface area contributed by atoms with Gasteiger partial charge in [-0.2, -0.15) is 0 Å². The number of hydrogen-bond donors (Lipinski definition) is 4. The number of anilines is 4. The zero-order chi connectivity index (χ0) is 46.9. The minimum absolute atomic E-state index is 0.0153. The fourth-order valence-corrected chi connectivity index (χ4v) is 7.82. The number of aromatic nitrogens is 4. The van der Waals surface area contributed by atoms with Crippen LogP contribution < -0.4 is 25.8 Å². The van der Waals surface area contributed by atoms with Gasteiger partial charge < -0.3 is 21.1 Å². The van der Waals surface area contributed by atoms with Crippen LogP contribution in [0.4, 0.5) is 50.2 Å². The van der Waals surface area contributed by atoms with Crippen LogP contribution in [0.3, 0.4) is 0 Å². The maximum Gasteiger partial charge on any atom is 0.335 e. The van der Waals surface area contributed by atoms with E-state index in [-0.39, 0.29) is 47.4 Å². The third-order valence-electron chi connectivity index (χ3n) is 10.2. The van der Waals surface area contributed by atoms with Crippen molar-refractivity contribution in [3.8, 4) is 22.5 Å². The van der Waals surface area contributed by atoms with E-state index in [1.165, 1.54) is 47.8 Å². The molecule has 0 fully saturated rings. The molecule has 0 aliphatic carbocycles.